The first-order valence-corrected chi connectivity index (χ1v) is 10.7. The maximum absolute atomic E-state index is 12.2. The molecule has 0 radical (unpaired) electrons. The molecule has 0 aliphatic carbocycles. The number of unbranched alkanes of at least 4 members (excludes halogenated alkanes) is 1. The van der Waals surface area contributed by atoms with Crippen LogP contribution in [0.15, 0.2) is 87.1 Å². The van der Waals surface area contributed by atoms with Gasteiger partial charge in [-0.1, -0.05) is 23.9 Å². The van der Waals surface area contributed by atoms with Crippen molar-refractivity contribution in [2.24, 2.45) is 0 Å². The number of para-hydroxylation sites is 2. The lowest BCUT2D eigenvalue weighted by molar-refractivity contribution is 0.104. The fourth-order valence-electron chi connectivity index (χ4n) is 2.82. The number of nitrogens with zero attached hydrogens (tertiary/aromatic N) is 1. The van der Waals surface area contributed by atoms with Gasteiger partial charge in [-0.05, 0) is 73.5 Å². The number of ether oxygens (including phenoxy) is 1. The predicted octanol–water partition coefficient (Wildman–Crippen LogP) is 6.27. The van der Waals surface area contributed by atoms with Gasteiger partial charge >= 0.3 is 0 Å². The van der Waals surface area contributed by atoms with Crippen LogP contribution in [0.4, 0.5) is 0 Å². The molecule has 0 aliphatic rings. The molecule has 4 rings (SSSR count). The fraction of sp³-hybridized carbons (Fsp3) is 0.167. The number of ketones is 1. The van der Waals surface area contributed by atoms with Crippen molar-refractivity contribution in [1.82, 2.24) is 4.98 Å². The van der Waals surface area contributed by atoms with Crippen LogP contribution >= 0.6 is 11.8 Å². The van der Waals surface area contributed by atoms with Crippen LogP contribution in [-0.4, -0.2) is 23.1 Å². The van der Waals surface area contributed by atoms with Gasteiger partial charge in [0, 0.05) is 11.3 Å². The Hall–Kier alpha value is -3.25. The molecule has 0 bridgehead atoms. The molecule has 2 aromatic heterocycles. The van der Waals surface area contributed by atoms with Gasteiger partial charge in [0.05, 0.1) is 12.9 Å². The molecule has 4 aromatic rings. The maximum atomic E-state index is 12.2. The molecule has 5 nitrogen and oxygen atoms in total. The maximum Gasteiger partial charge on any atom is 0.256 e. The Morgan fingerprint density at radius 1 is 1.03 bits per heavy atom. The van der Waals surface area contributed by atoms with Crippen LogP contribution < -0.4 is 4.74 Å². The Kier molecular flexibility index (Phi) is 6.67. The number of fused-ring (bicyclic) bond motifs is 1. The van der Waals surface area contributed by atoms with E-state index in [9.17, 15) is 4.79 Å². The van der Waals surface area contributed by atoms with E-state index in [1.807, 2.05) is 36.4 Å². The Labute approximate surface area is 178 Å². The Morgan fingerprint density at radius 2 is 1.90 bits per heavy atom. The number of rotatable bonds is 10. The molecule has 0 unspecified atom stereocenters. The van der Waals surface area contributed by atoms with E-state index in [4.69, 9.17) is 13.6 Å². The smallest absolute Gasteiger partial charge is 0.256 e. The van der Waals surface area contributed by atoms with Crippen molar-refractivity contribution in [3.8, 4) is 5.75 Å². The van der Waals surface area contributed by atoms with E-state index >= 15 is 0 Å². The van der Waals surface area contributed by atoms with Crippen LogP contribution in [0.5, 0.6) is 5.75 Å². The Morgan fingerprint density at radius 3 is 2.70 bits per heavy atom. The van der Waals surface area contributed by atoms with Crippen molar-refractivity contribution in [2.75, 3.05) is 12.4 Å². The van der Waals surface area contributed by atoms with Crippen molar-refractivity contribution in [1.29, 1.82) is 0 Å². The molecule has 30 heavy (non-hydrogen) atoms. The van der Waals surface area contributed by atoms with E-state index in [0.717, 1.165) is 35.4 Å². The molecule has 0 saturated heterocycles. The molecular formula is C24H21NO4S. The minimum absolute atomic E-state index is 0.0748. The summed E-state index contributed by atoms with van der Waals surface area (Å²) in [5.74, 6) is 2.26. The molecule has 6 heteroatoms. The first-order valence-electron chi connectivity index (χ1n) is 9.75. The zero-order valence-corrected chi connectivity index (χ0v) is 17.1. The summed E-state index contributed by atoms with van der Waals surface area (Å²) in [4.78, 5) is 16.6. The zero-order valence-electron chi connectivity index (χ0n) is 16.3. The number of hydrogen-bond donors (Lipinski definition) is 0. The van der Waals surface area contributed by atoms with E-state index in [2.05, 4.69) is 4.98 Å². The molecule has 0 atom stereocenters. The van der Waals surface area contributed by atoms with Gasteiger partial charge in [-0.25, -0.2) is 4.98 Å². The third-order valence-electron chi connectivity index (χ3n) is 4.39. The van der Waals surface area contributed by atoms with E-state index < -0.39 is 0 Å². The summed E-state index contributed by atoms with van der Waals surface area (Å²) in [5, 5.41) is 0.707. The fourth-order valence-corrected chi connectivity index (χ4v) is 3.66. The summed E-state index contributed by atoms with van der Waals surface area (Å²) in [5.41, 5.74) is 2.32. The van der Waals surface area contributed by atoms with Gasteiger partial charge < -0.3 is 13.6 Å². The van der Waals surface area contributed by atoms with Crippen LogP contribution in [0.3, 0.4) is 0 Å². The Balaban J connectivity index is 1.16. The highest BCUT2D eigenvalue weighted by Crippen LogP contribution is 2.24. The lowest BCUT2D eigenvalue weighted by atomic mass is 10.1. The topological polar surface area (TPSA) is 65.5 Å². The van der Waals surface area contributed by atoms with Crippen LogP contribution in [0.25, 0.3) is 17.2 Å². The van der Waals surface area contributed by atoms with Gasteiger partial charge in [0.1, 0.15) is 17.0 Å². The number of carbonyl (C=O) groups excluding carboxylic acids is 1. The summed E-state index contributed by atoms with van der Waals surface area (Å²) >= 11 is 1.62. The van der Waals surface area contributed by atoms with Crippen molar-refractivity contribution in [2.45, 2.75) is 18.1 Å². The number of furan rings is 1. The molecule has 152 valence electrons. The van der Waals surface area contributed by atoms with Crippen molar-refractivity contribution in [3.05, 3.63) is 84.3 Å². The number of thioether (sulfide) groups is 1. The van der Waals surface area contributed by atoms with Crippen molar-refractivity contribution < 1.29 is 18.4 Å². The standard InChI is InChI=1S/C24H21NO4S/c26-22(14-13-19-6-5-16-28-19)18-9-11-20(12-10-18)27-15-3-4-17-30-24-25-21-7-1-2-8-23(21)29-24/h1-2,5-14,16H,3-4,15,17H2. The summed E-state index contributed by atoms with van der Waals surface area (Å²) in [6.45, 7) is 0.625. The molecule has 0 N–H and O–H groups in total. The second kappa shape index (κ2) is 9.98. The second-order valence-corrected chi connectivity index (χ2v) is 7.64. The third-order valence-corrected chi connectivity index (χ3v) is 5.30. The summed E-state index contributed by atoms with van der Waals surface area (Å²) in [6, 6.07) is 18.5. The number of allylic oxidation sites excluding steroid dienone is 1. The normalized spacial score (nSPS) is 11.3. The molecule has 2 heterocycles. The van der Waals surface area contributed by atoms with E-state index in [1.54, 1.807) is 48.4 Å². The third kappa shape index (κ3) is 5.42. The number of benzene rings is 2. The average molecular weight is 420 g/mol. The van der Waals surface area contributed by atoms with Gasteiger partial charge in [0.15, 0.2) is 11.4 Å². The first-order chi connectivity index (χ1) is 14.8. The molecule has 0 saturated carbocycles. The summed E-state index contributed by atoms with van der Waals surface area (Å²) < 4.78 is 16.6. The lowest BCUT2D eigenvalue weighted by Crippen LogP contribution is -1.99. The van der Waals surface area contributed by atoms with Crippen LogP contribution in [0.1, 0.15) is 29.0 Å². The van der Waals surface area contributed by atoms with Crippen molar-refractivity contribution >= 4 is 34.7 Å². The van der Waals surface area contributed by atoms with Crippen LogP contribution in [-0.2, 0) is 0 Å². The summed E-state index contributed by atoms with van der Waals surface area (Å²) in [7, 11) is 0. The lowest BCUT2D eigenvalue weighted by Gasteiger charge is -2.06. The van der Waals surface area contributed by atoms with E-state index in [-0.39, 0.29) is 5.78 Å². The van der Waals surface area contributed by atoms with Gasteiger partial charge in [-0.15, -0.1) is 0 Å². The molecular weight excluding hydrogens is 398 g/mol. The predicted molar refractivity (Wildman–Crippen MR) is 118 cm³/mol. The molecule has 0 fully saturated rings. The highest BCUT2D eigenvalue weighted by molar-refractivity contribution is 7.99. The second-order valence-electron chi connectivity index (χ2n) is 6.59. The molecule has 0 aliphatic heterocycles. The van der Waals surface area contributed by atoms with E-state index in [0.29, 0.717) is 23.2 Å². The minimum atomic E-state index is -0.0748. The molecule has 0 amide bonds. The highest BCUT2D eigenvalue weighted by Gasteiger charge is 2.06. The van der Waals surface area contributed by atoms with Crippen LogP contribution in [0.2, 0.25) is 0 Å². The van der Waals surface area contributed by atoms with Crippen LogP contribution in [0, 0.1) is 0 Å². The monoisotopic (exact) mass is 419 g/mol. The van der Waals surface area contributed by atoms with Gasteiger partial charge in [0.25, 0.3) is 5.22 Å². The average Bonchev–Trinajstić information content (AvgIpc) is 3.44. The zero-order chi connectivity index (χ0) is 20.6. The molecule has 0 spiro atoms. The van der Waals surface area contributed by atoms with E-state index in [1.165, 1.54) is 6.08 Å². The van der Waals surface area contributed by atoms with Crippen molar-refractivity contribution in [3.63, 3.8) is 0 Å². The quantitative estimate of drug-likeness (QED) is 0.131. The number of aromatic nitrogens is 1. The largest absolute Gasteiger partial charge is 0.494 e. The minimum Gasteiger partial charge on any atom is -0.494 e. The number of oxazole rings is 1. The first kappa shape index (κ1) is 20.0. The van der Waals surface area contributed by atoms with Gasteiger partial charge in [-0.2, -0.15) is 0 Å². The number of hydrogen-bond acceptors (Lipinski definition) is 6. The van der Waals surface area contributed by atoms with Gasteiger partial charge in [-0.3, -0.25) is 4.79 Å². The highest BCUT2D eigenvalue weighted by atomic mass is 32.2. The van der Waals surface area contributed by atoms with Gasteiger partial charge in [0.2, 0.25) is 0 Å². The SMILES string of the molecule is O=C(C=Cc1ccco1)c1ccc(OCCCCSc2nc3ccccc3o2)cc1. The summed E-state index contributed by atoms with van der Waals surface area (Å²) in [6.07, 6.45) is 6.66. The molecule has 2 aromatic carbocycles. The Bertz CT molecular complexity index is 1080. The number of carbonyl (C=O) groups is 1.